The zero-order valence-corrected chi connectivity index (χ0v) is 14.3. The van der Waals surface area contributed by atoms with Gasteiger partial charge in [0, 0.05) is 11.8 Å². The van der Waals surface area contributed by atoms with Crippen LogP contribution in [0.3, 0.4) is 0 Å². The van der Waals surface area contributed by atoms with Gasteiger partial charge < -0.3 is 20.1 Å². The molecule has 0 fully saturated rings. The van der Waals surface area contributed by atoms with Gasteiger partial charge in [-0.05, 0) is 30.7 Å². The van der Waals surface area contributed by atoms with E-state index in [1.807, 2.05) is 43.3 Å². The van der Waals surface area contributed by atoms with Gasteiger partial charge in [0.25, 0.3) is 0 Å². The summed E-state index contributed by atoms with van der Waals surface area (Å²) in [7, 11) is 3.21. The van der Waals surface area contributed by atoms with Gasteiger partial charge in [0.05, 0.1) is 26.1 Å². The van der Waals surface area contributed by atoms with Crippen LogP contribution in [0.15, 0.2) is 48.7 Å². The van der Waals surface area contributed by atoms with Crippen molar-refractivity contribution in [2.75, 3.05) is 24.9 Å². The summed E-state index contributed by atoms with van der Waals surface area (Å²) >= 11 is 0. The molecule has 0 spiro atoms. The van der Waals surface area contributed by atoms with Gasteiger partial charge in [-0.15, -0.1) is 5.10 Å². The molecule has 7 heteroatoms. The molecule has 1 heterocycles. The number of benzene rings is 2. The van der Waals surface area contributed by atoms with Crippen molar-refractivity contribution in [1.29, 1.82) is 0 Å². The molecule has 0 aliphatic heterocycles. The maximum absolute atomic E-state index is 5.38. The van der Waals surface area contributed by atoms with E-state index in [-0.39, 0.29) is 0 Å². The molecule has 25 heavy (non-hydrogen) atoms. The van der Waals surface area contributed by atoms with E-state index in [1.165, 1.54) is 0 Å². The Bertz CT molecular complexity index is 870. The number of aromatic nitrogens is 3. The Labute approximate surface area is 146 Å². The number of hydrogen-bond donors (Lipinski definition) is 2. The molecule has 0 atom stereocenters. The minimum absolute atomic E-state index is 0.409. The number of methoxy groups -OCH3 is 2. The smallest absolute Gasteiger partial charge is 0.249 e. The third-order valence-corrected chi connectivity index (χ3v) is 3.62. The fourth-order valence-corrected chi connectivity index (χ4v) is 2.29. The van der Waals surface area contributed by atoms with Crippen LogP contribution in [0.2, 0.25) is 0 Å². The lowest BCUT2D eigenvalue weighted by atomic mass is 10.2. The van der Waals surface area contributed by atoms with E-state index < -0.39 is 0 Å². The van der Waals surface area contributed by atoms with Gasteiger partial charge in [-0.3, -0.25) is 0 Å². The average Bonchev–Trinajstić information content (AvgIpc) is 2.64. The van der Waals surface area contributed by atoms with Crippen molar-refractivity contribution in [2.24, 2.45) is 0 Å². The number of rotatable bonds is 6. The molecule has 128 valence electrons. The van der Waals surface area contributed by atoms with Gasteiger partial charge in [0.15, 0.2) is 5.82 Å². The molecule has 0 amide bonds. The van der Waals surface area contributed by atoms with E-state index in [0.717, 1.165) is 16.9 Å². The van der Waals surface area contributed by atoms with E-state index in [9.17, 15) is 0 Å². The van der Waals surface area contributed by atoms with Crippen LogP contribution in [0.5, 0.6) is 11.5 Å². The maximum Gasteiger partial charge on any atom is 0.249 e. The van der Waals surface area contributed by atoms with E-state index in [2.05, 4.69) is 25.8 Å². The summed E-state index contributed by atoms with van der Waals surface area (Å²) in [5.74, 6) is 2.32. The van der Waals surface area contributed by atoms with E-state index in [0.29, 0.717) is 23.3 Å². The molecule has 0 bridgehead atoms. The molecule has 1 aromatic heterocycles. The van der Waals surface area contributed by atoms with Crippen molar-refractivity contribution in [3.05, 3.63) is 54.2 Å². The molecular weight excluding hydrogens is 318 g/mol. The summed E-state index contributed by atoms with van der Waals surface area (Å²) in [6, 6.07) is 13.4. The summed E-state index contributed by atoms with van der Waals surface area (Å²) in [5.41, 5.74) is 2.79. The summed E-state index contributed by atoms with van der Waals surface area (Å²) in [5, 5.41) is 14.4. The Hall–Kier alpha value is -3.35. The number of para-hydroxylation sites is 1. The lowest BCUT2D eigenvalue weighted by Gasteiger charge is -2.12. The molecule has 0 unspecified atom stereocenters. The first-order valence-electron chi connectivity index (χ1n) is 7.71. The predicted octanol–water partition coefficient (Wildman–Crippen LogP) is 3.68. The first-order chi connectivity index (χ1) is 12.2. The van der Waals surface area contributed by atoms with Crippen LogP contribution in [0.1, 0.15) is 5.56 Å². The van der Waals surface area contributed by atoms with Crippen LogP contribution in [0.4, 0.5) is 23.1 Å². The Morgan fingerprint density at radius 2 is 1.76 bits per heavy atom. The largest absolute Gasteiger partial charge is 0.497 e. The van der Waals surface area contributed by atoms with Crippen LogP contribution in [-0.2, 0) is 0 Å². The van der Waals surface area contributed by atoms with E-state index >= 15 is 0 Å². The second kappa shape index (κ2) is 7.48. The summed E-state index contributed by atoms with van der Waals surface area (Å²) in [6.45, 7) is 2.01. The van der Waals surface area contributed by atoms with Crippen molar-refractivity contribution >= 4 is 23.1 Å². The van der Waals surface area contributed by atoms with Crippen LogP contribution in [0, 0.1) is 6.92 Å². The number of anilines is 4. The van der Waals surface area contributed by atoms with Crippen LogP contribution < -0.4 is 20.1 Å². The van der Waals surface area contributed by atoms with Crippen molar-refractivity contribution in [1.82, 2.24) is 15.2 Å². The zero-order chi connectivity index (χ0) is 17.6. The monoisotopic (exact) mass is 337 g/mol. The molecule has 3 rings (SSSR count). The quantitative estimate of drug-likeness (QED) is 0.710. The van der Waals surface area contributed by atoms with Crippen molar-refractivity contribution in [3.8, 4) is 11.5 Å². The molecule has 0 aliphatic carbocycles. The van der Waals surface area contributed by atoms with E-state index in [4.69, 9.17) is 9.47 Å². The molecule has 0 saturated carbocycles. The number of nitrogens with zero attached hydrogens (tertiary/aromatic N) is 3. The van der Waals surface area contributed by atoms with Crippen molar-refractivity contribution in [2.45, 2.75) is 6.92 Å². The molecule has 0 saturated heterocycles. The third kappa shape index (κ3) is 3.95. The van der Waals surface area contributed by atoms with Gasteiger partial charge in [-0.1, -0.05) is 18.2 Å². The molecule has 0 aliphatic rings. The second-order valence-electron chi connectivity index (χ2n) is 5.30. The highest BCUT2D eigenvalue weighted by Gasteiger charge is 2.08. The topological polar surface area (TPSA) is 81.2 Å². The molecule has 0 radical (unpaired) electrons. The molecule has 2 aromatic carbocycles. The second-order valence-corrected chi connectivity index (χ2v) is 5.30. The number of ether oxygens (including phenoxy) is 2. The summed E-state index contributed by atoms with van der Waals surface area (Å²) in [6.07, 6.45) is 1.55. The zero-order valence-electron chi connectivity index (χ0n) is 14.3. The fraction of sp³-hybridized carbons (Fsp3) is 0.167. The lowest BCUT2D eigenvalue weighted by molar-refractivity contribution is 0.395. The van der Waals surface area contributed by atoms with Crippen LogP contribution >= 0.6 is 0 Å². The Morgan fingerprint density at radius 3 is 2.52 bits per heavy atom. The van der Waals surface area contributed by atoms with Crippen molar-refractivity contribution in [3.63, 3.8) is 0 Å². The van der Waals surface area contributed by atoms with Gasteiger partial charge in [0.1, 0.15) is 11.5 Å². The SMILES string of the molecule is COc1ccc(Nc2cnnc(Nc3ccccc3C)n2)c(OC)c1. The highest BCUT2D eigenvalue weighted by atomic mass is 16.5. The molecule has 7 nitrogen and oxygen atoms in total. The molecular formula is C18H19N5O2. The van der Waals surface area contributed by atoms with Gasteiger partial charge >= 0.3 is 0 Å². The predicted molar refractivity (Wildman–Crippen MR) is 97.1 cm³/mol. The normalized spacial score (nSPS) is 10.2. The van der Waals surface area contributed by atoms with Gasteiger partial charge in [0.2, 0.25) is 5.95 Å². The third-order valence-electron chi connectivity index (χ3n) is 3.62. The Balaban J connectivity index is 1.81. The van der Waals surface area contributed by atoms with Crippen molar-refractivity contribution < 1.29 is 9.47 Å². The summed E-state index contributed by atoms with van der Waals surface area (Å²) < 4.78 is 10.6. The van der Waals surface area contributed by atoms with Crippen LogP contribution in [-0.4, -0.2) is 29.4 Å². The minimum Gasteiger partial charge on any atom is -0.497 e. The maximum atomic E-state index is 5.38. The standard InChI is InChI=1S/C18H19N5O2/c1-12-6-4-5-7-14(12)21-18-22-17(11-19-23-18)20-15-9-8-13(24-2)10-16(15)25-3/h4-11H,1-3H3,(H2,20,21,22,23). The summed E-state index contributed by atoms with van der Waals surface area (Å²) in [4.78, 5) is 4.44. The Kier molecular flexibility index (Phi) is 4.94. The van der Waals surface area contributed by atoms with E-state index in [1.54, 1.807) is 26.5 Å². The lowest BCUT2D eigenvalue weighted by Crippen LogP contribution is -2.04. The highest BCUT2D eigenvalue weighted by molar-refractivity contribution is 5.66. The first-order valence-corrected chi connectivity index (χ1v) is 7.71. The minimum atomic E-state index is 0.409. The molecule has 3 aromatic rings. The van der Waals surface area contributed by atoms with Gasteiger partial charge in [-0.25, -0.2) is 0 Å². The Morgan fingerprint density at radius 1 is 0.920 bits per heavy atom. The first kappa shape index (κ1) is 16.5. The number of hydrogen-bond acceptors (Lipinski definition) is 7. The number of nitrogens with one attached hydrogen (secondary N) is 2. The average molecular weight is 337 g/mol. The fourth-order valence-electron chi connectivity index (χ4n) is 2.29. The highest BCUT2D eigenvalue weighted by Crippen LogP contribution is 2.31. The number of aryl methyl sites for hydroxylation is 1. The van der Waals surface area contributed by atoms with Crippen LogP contribution in [0.25, 0.3) is 0 Å². The van der Waals surface area contributed by atoms with Gasteiger partial charge in [-0.2, -0.15) is 10.1 Å². The molecule has 2 N–H and O–H groups in total.